The van der Waals surface area contributed by atoms with E-state index in [2.05, 4.69) is 15.1 Å². The van der Waals surface area contributed by atoms with Gasteiger partial charge in [0.25, 0.3) is 0 Å². The summed E-state index contributed by atoms with van der Waals surface area (Å²) in [5.74, 6) is 0.906. The molecule has 0 aromatic carbocycles. The second kappa shape index (κ2) is 6.64. The number of rotatable bonds is 6. The Hall–Kier alpha value is -1.35. The fourth-order valence-corrected chi connectivity index (χ4v) is 3.71. The highest BCUT2D eigenvalue weighted by molar-refractivity contribution is 7.99. The Bertz CT molecular complexity index is 656. The van der Waals surface area contributed by atoms with E-state index in [1.807, 2.05) is 42.7 Å². The summed E-state index contributed by atoms with van der Waals surface area (Å²) in [5, 5.41) is 20.1. The zero-order valence-electron chi connectivity index (χ0n) is 13.8. The van der Waals surface area contributed by atoms with Crippen molar-refractivity contribution in [2.24, 2.45) is 7.05 Å². The molecule has 0 aliphatic carbocycles. The molecular formula is C15H23N5O2S. The van der Waals surface area contributed by atoms with Crippen LogP contribution in [0.1, 0.15) is 12.2 Å². The molecule has 2 aromatic rings. The first-order valence-corrected chi connectivity index (χ1v) is 8.45. The summed E-state index contributed by atoms with van der Waals surface area (Å²) in [7, 11) is 5.88. The second-order valence-electron chi connectivity index (χ2n) is 6.47. The molecule has 0 spiro atoms. The van der Waals surface area contributed by atoms with Crippen LogP contribution >= 0.6 is 11.8 Å². The zero-order chi connectivity index (χ0) is 16.4. The van der Waals surface area contributed by atoms with Gasteiger partial charge in [0.2, 0.25) is 0 Å². The number of β-amino-alcohol motifs (C(OH)–C–C–N with tert-alkyl or cyclic N) is 1. The normalized spacial score (nSPS) is 22.3. The van der Waals surface area contributed by atoms with E-state index in [4.69, 9.17) is 4.42 Å². The second-order valence-corrected chi connectivity index (χ2v) is 7.44. The Kier molecular flexibility index (Phi) is 4.77. The SMILES string of the molecule is CN(C)CC1(O)CCN(Cc2ccc(Sc3nncn3C)o2)C1. The van der Waals surface area contributed by atoms with Gasteiger partial charge < -0.3 is 19.0 Å². The molecule has 7 nitrogen and oxygen atoms in total. The Morgan fingerprint density at radius 1 is 1.43 bits per heavy atom. The molecule has 1 saturated heterocycles. The van der Waals surface area contributed by atoms with Gasteiger partial charge >= 0.3 is 0 Å². The predicted molar refractivity (Wildman–Crippen MR) is 87.2 cm³/mol. The number of aromatic nitrogens is 3. The molecule has 1 fully saturated rings. The van der Waals surface area contributed by atoms with Crippen LogP contribution in [0, 0.1) is 0 Å². The molecule has 1 N–H and O–H groups in total. The van der Waals surface area contributed by atoms with Crippen molar-refractivity contribution >= 4 is 11.8 Å². The number of likely N-dealkylation sites (tertiary alicyclic amines) is 1. The molecule has 0 amide bonds. The van der Waals surface area contributed by atoms with Crippen molar-refractivity contribution in [2.45, 2.75) is 28.8 Å². The average Bonchev–Trinajstić information content (AvgIpc) is 3.14. The lowest BCUT2D eigenvalue weighted by molar-refractivity contribution is 0.0234. The molecule has 23 heavy (non-hydrogen) atoms. The minimum atomic E-state index is -0.619. The maximum absolute atomic E-state index is 10.6. The Morgan fingerprint density at radius 3 is 2.96 bits per heavy atom. The molecule has 2 aromatic heterocycles. The number of furan rings is 1. The number of hydrogen-bond donors (Lipinski definition) is 1. The Balaban J connectivity index is 1.57. The molecule has 0 bridgehead atoms. The first-order chi connectivity index (χ1) is 10.9. The third-order valence-corrected chi connectivity index (χ3v) is 4.87. The average molecular weight is 337 g/mol. The van der Waals surface area contributed by atoms with E-state index in [9.17, 15) is 5.11 Å². The van der Waals surface area contributed by atoms with E-state index in [0.717, 1.165) is 35.5 Å². The van der Waals surface area contributed by atoms with Crippen molar-refractivity contribution in [2.75, 3.05) is 33.7 Å². The fraction of sp³-hybridized carbons (Fsp3) is 0.600. The maximum Gasteiger partial charge on any atom is 0.198 e. The lowest BCUT2D eigenvalue weighted by Crippen LogP contribution is -2.42. The topological polar surface area (TPSA) is 70.6 Å². The van der Waals surface area contributed by atoms with Crippen molar-refractivity contribution in [3.8, 4) is 0 Å². The molecule has 1 aliphatic rings. The van der Waals surface area contributed by atoms with Crippen molar-refractivity contribution < 1.29 is 9.52 Å². The number of aliphatic hydroxyl groups is 1. The third-order valence-electron chi connectivity index (χ3n) is 3.90. The summed E-state index contributed by atoms with van der Waals surface area (Å²) >= 11 is 1.46. The van der Waals surface area contributed by atoms with Gasteiger partial charge in [0.15, 0.2) is 10.2 Å². The Morgan fingerprint density at radius 2 is 2.26 bits per heavy atom. The summed E-state index contributed by atoms with van der Waals surface area (Å²) in [6, 6.07) is 3.94. The number of hydrogen-bond acceptors (Lipinski definition) is 7. The molecule has 0 radical (unpaired) electrons. The lowest BCUT2D eigenvalue weighted by Gasteiger charge is -2.26. The van der Waals surface area contributed by atoms with Crippen molar-refractivity contribution in [3.05, 3.63) is 24.2 Å². The molecule has 0 saturated carbocycles. The van der Waals surface area contributed by atoms with Gasteiger partial charge in [-0.25, -0.2) is 0 Å². The smallest absolute Gasteiger partial charge is 0.198 e. The first-order valence-electron chi connectivity index (χ1n) is 7.64. The van der Waals surface area contributed by atoms with Crippen LogP contribution in [-0.2, 0) is 13.6 Å². The van der Waals surface area contributed by atoms with Crippen LogP contribution in [0.15, 0.2) is 33.1 Å². The molecule has 1 unspecified atom stereocenters. The van der Waals surface area contributed by atoms with E-state index in [1.54, 1.807) is 6.33 Å². The summed E-state index contributed by atoms with van der Waals surface area (Å²) in [4.78, 5) is 4.27. The van der Waals surface area contributed by atoms with Crippen LogP contribution in [0.5, 0.6) is 0 Å². The molecule has 1 atom stereocenters. The summed E-state index contributed by atoms with van der Waals surface area (Å²) in [6.45, 7) is 2.97. The number of likely N-dealkylation sites (N-methyl/N-ethyl adjacent to an activating group) is 1. The van der Waals surface area contributed by atoms with Crippen LogP contribution in [-0.4, -0.2) is 69.0 Å². The van der Waals surface area contributed by atoms with Gasteiger partial charge in [-0.15, -0.1) is 10.2 Å². The highest BCUT2D eigenvalue weighted by atomic mass is 32.2. The van der Waals surface area contributed by atoms with Gasteiger partial charge in [0, 0.05) is 26.7 Å². The van der Waals surface area contributed by atoms with Gasteiger partial charge in [0.1, 0.15) is 12.1 Å². The third kappa shape index (κ3) is 4.14. The molecular weight excluding hydrogens is 314 g/mol. The van der Waals surface area contributed by atoms with Crippen LogP contribution < -0.4 is 0 Å². The molecule has 3 rings (SSSR count). The first kappa shape index (κ1) is 16.5. The van der Waals surface area contributed by atoms with Crippen LogP contribution in [0.25, 0.3) is 0 Å². The predicted octanol–water partition coefficient (Wildman–Crippen LogP) is 1.06. The van der Waals surface area contributed by atoms with Gasteiger partial charge in [-0.05, 0) is 44.4 Å². The Labute approximate surface area is 140 Å². The van der Waals surface area contributed by atoms with Crippen LogP contribution in [0.2, 0.25) is 0 Å². The minimum absolute atomic E-state index is 0.619. The van der Waals surface area contributed by atoms with E-state index < -0.39 is 5.60 Å². The molecule has 1 aliphatic heterocycles. The van der Waals surface area contributed by atoms with E-state index >= 15 is 0 Å². The lowest BCUT2D eigenvalue weighted by atomic mass is 10.0. The number of nitrogens with zero attached hydrogens (tertiary/aromatic N) is 5. The summed E-state index contributed by atoms with van der Waals surface area (Å²) in [5.41, 5.74) is -0.619. The van der Waals surface area contributed by atoms with E-state index in [-0.39, 0.29) is 0 Å². The molecule has 8 heteroatoms. The van der Waals surface area contributed by atoms with Gasteiger partial charge in [0.05, 0.1) is 12.1 Å². The highest BCUT2D eigenvalue weighted by Gasteiger charge is 2.36. The zero-order valence-corrected chi connectivity index (χ0v) is 14.6. The monoisotopic (exact) mass is 337 g/mol. The van der Waals surface area contributed by atoms with E-state index in [1.165, 1.54) is 11.8 Å². The fourth-order valence-electron chi connectivity index (χ4n) is 2.97. The van der Waals surface area contributed by atoms with Crippen molar-refractivity contribution in [1.82, 2.24) is 24.6 Å². The van der Waals surface area contributed by atoms with Crippen LogP contribution in [0.4, 0.5) is 0 Å². The van der Waals surface area contributed by atoms with Gasteiger partial charge in [-0.3, -0.25) is 4.90 Å². The summed E-state index contributed by atoms with van der Waals surface area (Å²) in [6.07, 6.45) is 2.47. The largest absolute Gasteiger partial charge is 0.453 e. The number of aryl methyl sites for hydroxylation is 1. The minimum Gasteiger partial charge on any atom is -0.453 e. The molecule has 3 heterocycles. The quantitative estimate of drug-likeness (QED) is 0.845. The summed E-state index contributed by atoms with van der Waals surface area (Å²) < 4.78 is 7.73. The molecule has 126 valence electrons. The van der Waals surface area contributed by atoms with Gasteiger partial charge in [-0.1, -0.05) is 0 Å². The van der Waals surface area contributed by atoms with Crippen LogP contribution in [0.3, 0.4) is 0 Å². The maximum atomic E-state index is 10.6. The van der Waals surface area contributed by atoms with E-state index in [0.29, 0.717) is 13.1 Å². The van der Waals surface area contributed by atoms with Gasteiger partial charge in [-0.2, -0.15) is 0 Å². The standard InChI is InChI=1S/C15H23N5O2S/c1-18(2)9-15(21)6-7-20(10-15)8-12-4-5-13(22-12)23-14-17-16-11-19(14)3/h4-5,11,21H,6-10H2,1-3H3. The van der Waals surface area contributed by atoms with Crippen molar-refractivity contribution in [3.63, 3.8) is 0 Å². The highest BCUT2D eigenvalue weighted by Crippen LogP contribution is 2.29. The van der Waals surface area contributed by atoms with Crippen molar-refractivity contribution in [1.29, 1.82) is 0 Å².